The van der Waals surface area contributed by atoms with Crippen LogP contribution < -0.4 is 5.73 Å². The van der Waals surface area contributed by atoms with Crippen LogP contribution in [0.15, 0.2) is 18.2 Å². The molecule has 1 unspecified atom stereocenters. The molecule has 0 aromatic heterocycles. The first kappa shape index (κ1) is 16.3. The molecule has 0 aliphatic heterocycles. The van der Waals surface area contributed by atoms with Crippen molar-refractivity contribution >= 4 is 29.1 Å². The standard InChI is InChI=1S/C14H20Cl2N2O/c1-10(4-3-5-17)14(19)18(2)9-11-6-12(15)8-13(16)7-11/h6-8,10H,3-5,9,17H2,1-2H3. The summed E-state index contributed by atoms with van der Waals surface area (Å²) in [5, 5.41) is 1.17. The zero-order chi connectivity index (χ0) is 14.4. The van der Waals surface area contributed by atoms with Crippen LogP contribution in [0.5, 0.6) is 0 Å². The molecule has 0 aliphatic rings. The minimum Gasteiger partial charge on any atom is -0.341 e. The Kier molecular flexibility index (Phi) is 6.63. The number of carbonyl (C=O) groups excluding carboxylic acids is 1. The van der Waals surface area contributed by atoms with Crippen molar-refractivity contribution in [3.05, 3.63) is 33.8 Å². The lowest BCUT2D eigenvalue weighted by atomic mass is 10.0. The predicted molar refractivity (Wildman–Crippen MR) is 80.4 cm³/mol. The number of benzene rings is 1. The van der Waals surface area contributed by atoms with Crippen molar-refractivity contribution in [2.24, 2.45) is 11.7 Å². The van der Waals surface area contributed by atoms with E-state index in [1.165, 1.54) is 0 Å². The van der Waals surface area contributed by atoms with Crippen LogP contribution in [0.3, 0.4) is 0 Å². The van der Waals surface area contributed by atoms with Gasteiger partial charge in [-0.15, -0.1) is 0 Å². The Morgan fingerprint density at radius 1 is 1.32 bits per heavy atom. The van der Waals surface area contributed by atoms with Crippen molar-refractivity contribution in [1.29, 1.82) is 0 Å². The molecule has 0 saturated heterocycles. The van der Waals surface area contributed by atoms with Crippen LogP contribution in [0.2, 0.25) is 10.0 Å². The summed E-state index contributed by atoms with van der Waals surface area (Å²) in [5.74, 6) is 0.104. The molecular weight excluding hydrogens is 283 g/mol. The van der Waals surface area contributed by atoms with E-state index in [-0.39, 0.29) is 11.8 Å². The van der Waals surface area contributed by atoms with Gasteiger partial charge in [-0.2, -0.15) is 0 Å². The van der Waals surface area contributed by atoms with Crippen molar-refractivity contribution in [3.8, 4) is 0 Å². The highest BCUT2D eigenvalue weighted by Crippen LogP contribution is 2.20. The van der Waals surface area contributed by atoms with E-state index in [0.717, 1.165) is 18.4 Å². The normalized spacial score (nSPS) is 12.3. The van der Waals surface area contributed by atoms with E-state index in [1.54, 1.807) is 18.0 Å². The lowest BCUT2D eigenvalue weighted by Gasteiger charge is -2.21. The summed E-state index contributed by atoms with van der Waals surface area (Å²) in [6, 6.07) is 5.32. The average Bonchev–Trinajstić information content (AvgIpc) is 2.33. The molecular formula is C14H20Cl2N2O. The van der Waals surface area contributed by atoms with Crippen LogP contribution in [0.25, 0.3) is 0 Å². The number of rotatable bonds is 6. The molecule has 1 aromatic rings. The molecule has 0 radical (unpaired) electrons. The van der Waals surface area contributed by atoms with Crippen LogP contribution in [0.4, 0.5) is 0 Å². The van der Waals surface area contributed by atoms with Crippen LogP contribution in [0, 0.1) is 5.92 Å². The second kappa shape index (κ2) is 7.73. The first-order chi connectivity index (χ1) is 8.93. The highest BCUT2D eigenvalue weighted by atomic mass is 35.5. The molecule has 106 valence electrons. The van der Waals surface area contributed by atoms with Gasteiger partial charge in [-0.3, -0.25) is 4.79 Å². The summed E-state index contributed by atoms with van der Waals surface area (Å²) in [4.78, 5) is 13.8. The predicted octanol–water partition coefficient (Wildman–Crippen LogP) is 3.33. The second-order valence-corrected chi connectivity index (χ2v) is 5.68. The van der Waals surface area contributed by atoms with Gasteiger partial charge in [0.2, 0.25) is 5.91 Å². The van der Waals surface area contributed by atoms with E-state index in [2.05, 4.69) is 0 Å². The van der Waals surface area contributed by atoms with Crippen LogP contribution >= 0.6 is 23.2 Å². The van der Waals surface area contributed by atoms with Gasteiger partial charge in [0.05, 0.1) is 0 Å². The number of carbonyl (C=O) groups is 1. The highest BCUT2D eigenvalue weighted by Gasteiger charge is 2.17. The summed E-state index contributed by atoms with van der Waals surface area (Å²) < 4.78 is 0. The monoisotopic (exact) mass is 302 g/mol. The molecule has 0 spiro atoms. The highest BCUT2D eigenvalue weighted by molar-refractivity contribution is 6.34. The summed E-state index contributed by atoms with van der Waals surface area (Å²) in [5.41, 5.74) is 6.39. The number of amides is 1. The molecule has 2 N–H and O–H groups in total. The van der Waals surface area contributed by atoms with E-state index in [1.807, 2.05) is 19.1 Å². The molecule has 1 aromatic carbocycles. The third-order valence-corrected chi connectivity index (χ3v) is 3.42. The van der Waals surface area contributed by atoms with Crippen molar-refractivity contribution in [2.75, 3.05) is 13.6 Å². The van der Waals surface area contributed by atoms with Crippen LogP contribution in [-0.2, 0) is 11.3 Å². The summed E-state index contributed by atoms with van der Waals surface area (Å²) in [7, 11) is 1.79. The second-order valence-electron chi connectivity index (χ2n) is 4.80. The fraction of sp³-hybridized carbons (Fsp3) is 0.500. The third kappa shape index (κ3) is 5.39. The zero-order valence-electron chi connectivity index (χ0n) is 11.3. The fourth-order valence-corrected chi connectivity index (χ4v) is 2.55. The van der Waals surface area contributed by atoms with Gasteiger partial charge in [0.1, 0.15) is 0 Å². The van der Waals surface area contributed by atoms with Crippen LogP contribution in [0.1, 0.15) is 25.3 Å². The van der Waals surface area contributed by atoms with Gasteiger partial charge in [-0.05, 0) is 43.1 Å². The van der Waals surface area contributed by atoms with Crippen LogP contribution in [-0.4, -0.2) is 24.4 Å². The smallest absolute Gasteiger partial charge is 0.225 e. The number of halogens is 2. The molecule has 0 bridgehead atoms. The zero-order valence-corrected chi connectivity index (χ0v) is 12.8. The lowest BCUT2D eigenvalue weighted by Crippen LogP contribution is -2.31. The van der Waals surface area contributed by atoms with E-state index in [4.69, 9.17) is 28.9 Å². The Morgan fingerprint density at radius 3 is 2.42 bits per heavy atom. The summed E-state index contributed by atoms with van der Waals surface area (Å²) in [6.07, 6.45) is 1.68. The number of hydrogen-bond acceptors (Lipinski definition) is 2. The number of nitrogens with two attached hydrogens (primary N) is 1. The van der Waals surface area contributed by atoms with Gasteiger partial charge in [0, 0.05) is 29.6 Å². The van der Waals surface area contributed by atoms with Gasteiger partial charge in [-0.1, -0.05) is 30.1 Å². The van der Waals surface area contributed by atoms with E-state index in [9.17, 15) is 4.79 Å². The molecule has 19 heavy (non-hydrogen) atoms. The minimum absolute atomic E-state index is 0.0109. The topological polar surface area (TPSA) is 46.3 Å². The summed E-state index contributed by atoms with van der Waals surface area (Å²) >= 11 is 11.9. The minimum atomic E-state index is -0.0109. The summed E-state index contributed by atoms with van der Waals surface area (Å²) in [6.45, 7) is 3.05. The Bertz CT molecular complexity index is 417. The van der Waals surface area contributed by atoms with Gasteiger partial charge in [0.15, 0.2) is 0 Å². The molecule has 1 rings (SSSR count). The molecule has 0 saturated carbocycles. The van der Waals surface area contributed by atoms with Crippen molar-refractivity contribution in [2.45, 2.75) is 26.3 Å². The Labute approximate surface area is 124 Å². The van der Waals surface area contributed by atoms with Crippen molar-refractivity contribution < 1.29 is 4.79 Å². The van der Waals surface area contributed by atoms with E-state index < -0.39 is 0 Å². The van der Waals surface area contributed by atoms with Gasteiger partial charge in [-0.25, -0.2) is 0 Å². The van der Waals surface area contributed by atoms with E-state index in [0.29, 0.717) is 23.1 Å². The maximum atomic E-state index is 12.1. The molecule has 0 heterocycles. The average molecular weight is 303 g/mol. The largest absolute Gasteiger partial charge is 0.341 e. The van der Waals surface area contributed by atoms with Gasteiger partial charge >= 0.3 is 0 Å². The first-order valence-electron chi connectivity index (χ1n) is 6.34. The Morgan fingerprint density at radius 2 is 1.89 bits per heavy atom. The van der Waals surface area contributed by atoms with Crippen molar-refractivity contribution in [1.82, 2.24) is 4.90 Å². The Hall–Kier alpha value is -0.770. The van der Waals surface area contributed by atoms with E-state index >= 15 is 0 Å². The molecule has 1 amide bonds. The molecule has 0 fully saturated rings. The van der Waals surface area contributed by atoms with Crippen molar-refractivity contribution in [3.63, 3.8) is 0 Å². The molecule has 5 heteroatoms. The lowest BCUT2D eigenvalue weighted by molar-refractivity contribution is -0.134. The number of nitrogens with zero attached hydrogens (tertiary/aromatic N) is 1. The maximum absolute atomic E-state index is 12.1. The molecule has 0 aliphatic carbocycles. The molecule has 1 atom stereocenters. The van der Waals surface area contributed by atoms with Gasteiger partial charge < -0.3 is 10.6 Å². The fourth-order valence-electron chi connectivity index (χ4n) is 1.98. The van der Waals surface area contributed by atoms with Gasteiger partial charge in [0.25, 0.3) is 0 Å². The first-order valence-corrected chi connectivity index (χ1v) is 7.09. The Balaban J connectivity index is 2.62. The number of hydrogen-bond donors (Lipinski definition) is 1. The maximum Gasteiger partial charge on any atom is 0.225 e. The SMILES string of the molecule is CC(CCCN)C(=O)N(C)Cc1cc(Cl)cc(Cl)c1. The quantitative estimate of drug-likeness (QED) is 0.876. The third-order valence-electron chi connectivity index (χ3n) is 2.98. The molecule has 3 nitrogen and oxygen atoms in total.